The Kier molecular flexibility index (Phi) is 5.84. The molecule has 0 bridgehead atoms. The van der Waals surface area contributed by atoms with Crippen molar-refractivity contribution in [2.75, 3.05) is 24.4 Å². The Morgan fingerprint density at radius 2 is 1.55 bits per heavy atom. The van der Waals surface area contributed by atoms with Crippen LogP contribution in [-0.2, 0) is 4.79 Å². The zero-order valence-corrected chi connectivity index (χ0v) is 16.8. The van der Waals surface area contributed by atoms with Gasteiger partial charge in [0.1, 0.15) is 22.8 Å². The molecule has 0 saturated heterocycles. The number of benzene rings is 3. The zero-order chi connectivity index (χ0) is 21.6. The Morgan fingerprint density at radius 3 is 2.29 bits per heavy atom. The average Bonchev–Trinajstić information content (AvgIpc) is 3.17. The largest absolute Gasteiger partial charge is 0.497 e. The van der Waals surface area contributed by atoms with Gasteiger partial charge in [-0.05, 0) is 48.5 Å². The summed E-state index contributed by atoms with van der Waals surface area (Å²) in [6, 6.07) is 23.0. The van der Waals surface area contributed by atoms with Crippen molar-refractivity contribution >= 4 is 34.2 Å². The van der Waals surface area contributed by atoms with Crippen molar-refractivity contribution in [3.63, 3.8) is 0 Å². The Morgan fingerprint density at radius 1 is 0.839 bits per heavy atom. The minimum Gasteiger partial charge on any atom is -0.497 e. The molecule has 0 fully saturated rings. The van der Waals surface area contributed by atoms with E-state index >= 15 is 0 Å². The number of ether oxygens (including phenoxy) is 2. The molecule has 4 rings (SSSR count). The van der Waals surface area contributed by atoms with E-state index in [1.54, 1.807) is 67.8 Å². The second kappa shape index (κ2) is 9.04. The third kappa shape index (κ3) is 4.67. The molecule has 3 aromatic carbocycles. The third-order valence-electron chi connectivity index (χ3n) is 4.53. The topological polar surface area (TPSA) is 89.8 Å². The number of methoxy groups -OCH3 is 1. The van der Waals surface area contributed by atoms with Crippen molar-refractivity contribution in [2.24, 2.45) is 0 Å². The van der Waals surface area contributed by atoms with Crippen LogP contribution in [-0.4, -0.2) is 25.5 Å². The molecule has 31 heavy (non-hydrogen) atoms. The molecule has 2 N–H and O–H groups in total. The summed E-state index contributed by atoms with van der Waals surface area (Å²) in [5.74, 6) is 0.361. The molecule has 0 aliphatic carbocycles. The van der Waals surface area contributed by atoms with Gasteiger partial charge >= 0.3 is 0 Å². The number of fused-ring (bicyclic) bond motifs is 1. The second-order valence-electron chi connectivity index (χ2n) is 6.63. The summed E-state index contributed by atoms with van der Waals surface area (Å²) >= 11 is 0. The van der Waals surface area contributed by atoms with Crippen LogP contribution < -0.4 is 20.1 Å². The van der Waals surface area contributed by atoms with Crippen LogP contribution in [0.4, 0.5) is 11.4 Å². The predicted molar refractivity (Wildman–Crippen MR) is 118 cm³/mol. The van der Waals surface area contributed by atoms with Crippen molar-refractivity contribution in [3.05, 3.63) is 84.6 Å². The second-order valence-corrected chi connectivity index (χ2v) is 6.63. The normalized spacial score (nSPS) is 10.5. The van der Waals surface area contributed by atoms with E-state index in [1.165, 1.54) is 0 Å². The first kappa shape index (κ1) is 20.0. The molecule has 0 saturated carbocycles. The van der Waals surface area contributed by atoms with Gasteiger partial charge in [-0.25, -0.2) is 0 Å². The number of furan rings is 1. The van der Waals surface area contributed by atoms with Gasteiger partial charge in [-0.2, -0.15) is 0 Å². The van der Waals surface area contributed by atoms with Crippen LogP contribution >= 0.6 is 0 Å². The molecule has 7 nitrogen and oxygen atoms in total. The van der Waals surface area contributed by atoms with E-state index in [4.69, 9.17) is 13.9 Å². The molecule has 156 valence electrons. The van der Waals surface area contributed by atoms with E-state index in [2.05, 4.69) is 10.6 Å². The lowest BCUT2D eigenvalue weighted by Gasteiger charge is -2.09. The molecule has 7 heteroatoms. The highest BCUT2D eigenvalue weighted by Crippen LogP contribution is 2.31. The molecule has 0 spiro atoms. The number of para-hydroxylation sites is 2. The average molecular weight is 416 g/mol. The molecule has 0 radical (unpaired) electrons. The summed E-state index contributed by atoms with van der Waals surface area (Å²) in [4.78, 5) is 25.4. The molecular weight excluding hydrogens is 396 g/mol. The van der Waals surface area contributed by atoms with Crippen molar-refractivity contribution in [1.29, 1.82) is 0 Å². The fourth-order valence-corrected chi connectivity index (χ4v) is 3.03. The number of anilines is 2. The summed E-state index contributed by atoms with van der Waals surface area (Å²) in [6.45, 7) is -0.205. The minimum atomic E-state index is -0.486. The SMILES string of the molecule is COc1ccc(NC(=O)c2oc3ccccc3c2NC(=O)COc2ccccc2)cc1. The van der Waals surface area contributed by atoms with Gasteiger partial charge < -0.3 is 24.5 Å². The molecular formula is C24H20N2O5. The van der Waals surface area contributed by atoms with Gasteiger partial charge in [0.05, 0.1) is 7.11 Å². The summed E-state index contributed by atoms with van der Waals surface area (Å²) in [7, 11) is 1.57. The highest BCUT2D eigenvalue weighted by atomic mass is 16.5. The van der Waals surface area contributed by atoms with Crippen LogP contribution in [0.1, 0.15) is 10.6 Å². The number of carbonyl (C=O) groups excluding carboxylic acids is 2. The lowest BCUT2D eigenvalue weighted by molar-refractivity contribution is -0.118. The van der Waals surface area contributed by atoms with Gasteiger partial charge in [0.2, 0.25) is 5.76 Å². The predicted octanol–water partition coefficient (Wildman–Crippen LogP) is 4.71. The molecule has 1 heterocycles. The van der Waals surface area contributed by atoms with E-state index in [9.17, 15) is 9.59 Å². The summed E-state index contributed by atoms with van der Waals surface area (Å²) in [5, 5.41) is 6.14. The molecule has 1 aromatic heterocycles. The summed E-state index contributed by atoms with van der Waals surface area (Å²) in [6.07, 6.45) is 0. The molecule has 0 atom stereocenters. The van der Waals surface area contributed by atoms with E-state index in [0.29, 0.717) is 33.8 Å². The Hall–Kier alpha value is -4.26. The van der Waals surface area contributed by atoms with Crippen LogP contribution in [0.15, 0.2) is 83.3 Å². The molecule has 0 unspecified atom stereocenters. The Labute approximate surface area is 178 Å². The monoisotopic (exact) mass is 416 g/mol. The fourth-order valence-electron chi connectivity index (χ4n) is 3.03. The summed E-state index contributed by atoms with van der Waals surface area (Å²) in [5.41, 5.74) is 1.35. The maximum atomic E-state index is 12.9. The van der Waals surface area contributed by atoms with Crippen molar-refractivity contribution in [3.8, 4) is 11.5 Å². The third-order valence-corrected chi connectivity index (χ3v) is 4.53. The van der Waals surface area contributed by atoms with Crippen LogP contribution in [0, 0.1) is 0 Å². The van der Waals surface area contributed by atoms with E-state index in [0.717, 1.165) is 0 Å². The first-order valence-electron chi connectivity index (χ1n) is 9.58. The maximum absolute atomic E-state index is 12.9. The van der Waals surface area contributed by atoms with E-state index < -0.39 is 11.8 Å². The first-order valence-corrected chi connectivity index (χ1v) is 9.58. The van der Waals surface area contributed by atoms with E-state index in [-0.39, 0.29) is 12.4 Å². The van der Waals surface area contributed by atoms with Gasteiger partial charge in [0.15, 0.2) is 6.61 Å². The summed E-state index contributed by atoms with van der Waals surface area (Å²) < 4.78 is 16.4. The number of carbonyl (C=O) groups is 2. The molecule has 4 aromatic rings. The van der Waals surface area contributed by atoms with Gasteiger partial charge in [-0.1, -0.05) is 30.3 Å². The van der Waals surface area contributed by atoms with Gasteiger partial charge in [0, 0.05) is 11.1 Å². The number of nitrogens with one attached hydrogen (secondary N) is 2. The van der Waals surface area contributed by atoms with Gasteiger partial charge in [0.25, 0.3) is 11.8 Å². The highest BCUT2D eigenvalue weighted by Gasteiger charge is 2.22. The Bertz CT molecular complexity index is 1200. The van der Waals surface area contributed by atoms with Gasteiger partial charge in [-0.15, -0.1) is 0 Å². The Balaban J connectivity index is 1.54. The molecule has 2 amide bonds. The van der Waals surface area contributed by atoms with Crippen LogP contribution in [0.3, 0.4) is 0 Å². The zero-order valence-electron chi connectivity index (χ0n) is 16.8. The van der Waals surface area contributed by atoms with E-state index in [1.807, 2.05) is 18.2 Å². The number of amides is 2. The molecule has 0 aliphatic rings. The molecule has 0 aliphatic heterocycles. The van der Waals surface area contributed by atoms with Crippen molar-refractivity contribution < 1.29 is 23.5 Å². The number of hydrogen-bond acceptors (Lipinski definition) is 5. The van der Waals surface area contributed by atoms with Crippen LogP contribution in [0.5, 0.6) is 11.5 Å². The van der Waals surface area contributed by atoms with Crippen molar-refractivity contribution in [2.45, 2.75) is 0 Å². The highest BCUT2D eigenvalue weighted by molar-refractivity contribution is 6.14. The van der Waals surface area contributed by atoms with Crippen LogP contribution in [0.2, 0.25) is 0 Å². The van der Waals surface area contributed by atoms with Crippen LogP contribution in [0.25, 0.3) is 11.0 Å². The quantitative estimate of drug-likeness (QED) is 0.455. The maximum Gasteiger partial charge on any atom is 0.293 e. The lowest BCUT2D eigenvalue weighted by Crippen LogP contribution is -2.22. The smallest absolute Gasteiger partial charge is 0.293 e. The van der Waals surface area contributed by atoms with Crippen molar-refractivity contribution in [1.82, 2.24) is 0 Å². The minimum absolute atomic E-state index is 0.00470. The van der Waals surface area contributed by atoms with Gasteiger partial charge in [-0.3, -0.25) is 9.59 Å². The first-order chi connectivity index (χ1) is 15.1. The fraction of sp³-hybridized carbons (Fsp3) is 0.0833. The standard InChI is InChI=1S/C24H20N2O5/c1-29-17-13-11-16(12-14-17)25-24(28)23-22(19-9-5-6-10-20(19)31-23)26-21(27)15-30-18-7-3-2-4-8-18/h2-14H,15H2,1H3,(H,25,28)(H,26,27). The lowest BCUT2D eigenvalue weighted by atomic mass is 10.2. The number of rotatable bonds is 7. The number of hydrogen-bond donors (Lipinski definition) is 2.